The van der Waals surface area contributed by atoms with E-state index in [1.165, 1.54) is 6.92 Å². The number of esters is 1. The maximum absolute atomic E-state index is 10.2. The van der Waals surface area contributed by atoms with Gasteiger partial charge in [-0.1, -0.05) is 0 Å². The van der Waals surface area contributed by atoms with Crippen LogP contribution in [0.15, 0.2) is 0 Å². The Kier molecular flexibility index (Phi) is 1.45. The van der Waals surface area contributed by atoms with Crippen LogP contribution in [0.25, 0.3) is 0 Å². The van der Waals surface area contributed by atoms with E-state index in [0.29, 0.717) is 13.2 Å². The van der Waals surface area contributed by atoms with Crippen molar-refractivity contribution in [3.8, 4) is 0 Å². The minimum Gasteiger partial charge on any atom is -0.463 e. The van der Waals surface area contributed by atoms with Crippen molar-refractivity contribution in [1.29, 1.82) is 0 Å². The topological polar surface area (TPSA) is 38.8 Å². The number of hydrogen-bond acceptors (Lipinski definition) is 3. The van der Waals surface area contributed by atoms with Gasteiger partial charge in [-0.15, -0.1) is 0 Å². The number of rotatable bonds is 2. The van der Waals surface area contributed by atoms with Gasteiger partial charge in [0.2, 0.25) is 0 Å². The molecule has 0 aromatic carbocycles. The van der Waals surface area contributed by atoms with Gasteiger partial charge in [0.15, 0.2) is 0 Å². The SMILES string of the molecule is CC(=O)OC[C@@]1(C)CO1. The molecule has 3 heteroatoms. The molecule has 1 fully saturated rings. The highest BCUT2D eigenvalue weighted by Crippen LogP contribution is 2.25. The lowest BCUT2D eigenvalue weighted by Crippen LogP contribution is -2.16. The van der Waals surface area contributed by atoms with Gasteiger partial charge in [-0.05, 0) is 6.92 Å². The Bertz CT molecular complexity index is 126. The molecule has 0 bridgehead atoms. The molecule has 0 spiro atoms. The Labute approximate surface area is 53.9 Å². The van der Waals surface area contributed by atoms with Gasteiger partial charge in [-0.2, -0.15) is 0 Å². The molecule has 1 heterocycles. The van der Waals surface area contributed by atoms with Crippen molar-refractivity contribution < 1.29 is 14.3 Å². The van der Waals surface area contributed by atoms with Gasteiger partial charge in [0, 0.05) is 6.92 Å². The number of carbonyl (C=O) groups is 1. The van der Waals surface area contributed by atoms with E-state index in [-0.39, 0.29) is 11.6 Å². The second kappa shape index (κ2) is 1.99. The van der Waals surface area contributed by atoms with E-state index in [1.54, 1.807) is 0 Å². The lowest BCUT2D eigenvalue weighted by atomic mass is 10.2. The maximum Gasteiger partial charge on any atom is 0.302 e. The molecule has 0 saturated carbocycles. The van der Waals surface area contributed by atoms with Crippen molar-refractivity contribution in [3.63, 3.8) is 0 Å². The van der Waals surface area contributed by atoms with Crippen molar-refractivity contribution in [2.24, 2.45) is 0 Å². The summed E-state index contributed by atoms with van der Waals surface area (Å²) < 4.78 is 9.67. The van der Waals surface area contributed by atoms with Crippen LogP contribution >= 0.6 is 0 Å². The molecule has 1 saturated heterocycles. The van der Waals surface area contributed by atoms with Gasteiger partial charge in [0.1, 0.15) is 12.2 Å². The van der Waals surface area contributed by atoms with Gasteiger partial charge in [-0.3, -0.25) is 4.79 Å². The van der Waals surface area contributed by atoms with E-state index in [0.717, 1.165) is 0 Å². The average molecular weight is 130 g/mol. The zero-order valence-electron chi connectivity index (χ0n) is 5.64. The summed E-state index contributed by atoms with van der Waals surface area (Å²) in [6, 6.07) is 0. The van der Waals surface area contributed by atoms with Gasteiger partial charge in [0.25, 0.3) is 0 Å². The summed E-state index contributed by atoms with van der Waals surface area (Å²) in [5.74, 6) is -0.244. The van der Waals surface area contributed by atoms with Gasteiger partial charge >= 0.3 is 5.97 Å². The smallest absolute Gasteiger partial charge is 0.302 e. The molecule has 9 heavy (non-hydrogen) atoms. The number of epoxide rings is 1. The summed E-state index contributed by atoms with van der Waals surface area (Å²) in [7, 11) is 0. The summed E-state index contributed by atoms with van der Waals surface area (Å²) in [6.07, 6.45) is 0. The molecule has 52 valence electrons. The molecule has 0 unspecified atom stereocenters. The lowest BCUT2D eigenvalue weighted by Gasteiger charge is -2.02. The summed E-state index contributed by atoms with van der Waals surface area (Å²) in [4.78, 5) is 10.2. The summed E-state index contributed by atoms with van der Waals surface area (Å²) in [5.41, 5.74) is -0.161. The van der Waals surface area contributed by atoms with Crippen molar-refractivity contribution >= 4 is 5.97 Å². The molecule has 1 aliphatic heterocycles. The molecule has 0 aromatic rings. The average Bonchev–Trinajstić information content (AvgIpc) is 2.45. The normalized spacial score (nSPS) is 31.8. The first kappa shape index (κ1) is 6.55. The maximum atomic E-state index is 10.2. The molecule has 1 atom stereocenters. The third kappa shape index (κ3) is 2.01. The summed E-state index contributed by atoms with van der Waals surface area (Å²) in [6.45, 7) is 4.41. The van der Waals surface area contributed by atoms with E-state index in [4.69, 9.17) is 9.47 Å². The fraction of sp³-hybridized carbons (Fsp3) is 0.833. The van der Waals surface area contributed by atoms with Crippen LogP contribution in [0.4, 0.5) is 0 Å². The van der Waals surface area contributed by atoms with Gasteiger partial charge in [-0.25, -0.2) is 0 Å². The number of carbonyl (C=O) groups excluding carboxylic acids is 1. The van der Waals surface area contributed by atoms with Crippen molar-refractivity contribution in [1.82, 2.24) is 0 Å². The fourth-order valence-electron chi connectivity index (χ4n) is 0.461. The Morgan fingerprint density at radius 3 is 2.78 bits per heavy atom. The molecule has 0 aliphatic carbocycles. The first-order valence-electron chi connectivity index (χ1n) is 2.90. The summed E-state index contributed by atoms with van der Waals surface area (Å²) in [5, 5.41) is 0. The quantitative estimate of drug-likeness (QED) is 0.399. The van der Waals surface area contributed by atoms with E-state index >= 15 is 0 Å². The largest absolute Gasteiger partial charge is 0.463 e. The lowest BCUT2D eigenvalue weighted by molar-refractivity contribution is -0.142. The van der Waals surface area contributed by atoms with Gasteiger partial charge in [0.05, 0.1) is 6.61 Å². The van der Waals surface area contributed by atoms with Crippen LogP contribution < -0.4 is 0 Å². The standard InChI is InChI=1S/C6H10O3/c1-5(7)8-3-6(2)4-9-6/h3-4H2,1-2H3/t6-/m0/s1. The first-order valence-corrected chi connectivity index (χ1v) is 2.90. The molecule has 0 amide bonds. The minimum atomic E-state index is -0.244. The number of ether oxygens (including phenoxy) is 2. The van der Waals surface area contributed by atoms with E-state index in [9.17, 15) is 4.79 Å². The Hall–Kier alpha value is -0.570. The Morgan fingerprint density at radius 1 is 1.89 bits per heavy atom. The highest BCUT2D eigenvalue weighted by Gasteiger charge is 2.40. The highest BCUT2D eigenvalue weighted by molar-refractivity contribution is 5.65. The Balaban J connectivity index is 2.12. The monoisotopic (exact) mass is 130 g/mol. The van der Waals surface area contributed by atoms with Crippen LogP contribution in [0, 0.1) is 0 Å². The van der Waals surface area contributed by atoms with E-state index in [2.05, 4.69) is 0 Å². The zero-order chi connectivity index (χ0) is 6.91. The van der Waals surface area contributed by atoms with Crippen LogP contribution in [-0.2, 0) is 14.3 Å². The van der Waals surface area contributed by atoms with E-state index in [1.807, 2.05) is 6.92 Å². The third-order valence-electron chi connectivity index (χ3n) is 1.22. The molecule has 1 aliphatic rings. The zero-order valence-corrected chi connectivity index (χ0v) is 5.64. The second-order valence-corrected chi connectivity index (χ2v) is 2.52. The van der Waals surface area contributed by atoms with Crippen LogP contribution in [-0.4, -0.2) is 24.8 Å². The van der Waals surface area contributed by atoms with Gasteiger partial charge < -0.3 is 9.47 Å². The van der Waals surface area contributed by atoms with Crippen molar-refractivity contribution in [2.75, 3.05) is 13.2 Å². The second-order valence-electron chi connectivity index (χ2n) is 2.52. The van der Waals surface area contributed by atoms with Crippen LogP contribution in [0.1, 0.15) is 13.8 Å². The van der Waals surface area contributed by atoms with Crippen LogP contribution in [0.2, 0.25) is 0 Å². The summed E-state index contributed by atoms with van der Waals surface area (Å²) >= 11 is 0. The molecular weight excluding hydrogens is 120 g/mol. The molecule has 0 aromatic heterocycles. The molecule has 3 nitrogen and oxygen atoms in total. The van der Waals surface area contributed by atoms with Crippen LogP contribution in [0.3, 0.4) is 0 Å². The third-order valence-corrected chi connectivity index (χ3v) is 1.22. The molecule has 1 rings (SSSR count). The van der Waals surface area contributed by atoms with E-state index < -0.39 is 0 Å². The number of hydrogen-bond donors (Lipinski definition) is 0. The Morgan fingerprint density at radius 2 is 2.44 bits per heavy atom. The fourth-order valence-corrected chi connectivity index (χ4v) is 0.461. The molecule has 0 radical (unpaired) electrons. The van der Waals surface area contributed by atoms with Crippen molar-refractivity contribution in [3.05, 3.63) is 0 Å². The van der Waals surface area contributed by atoms with Crippen molar-refractivity contribution in [2.45, 2.75) is 19.4 Å². The van der Waals surface area contributed by atoms with Crippen LogP contribution in [0.5, 0.6) is 0 Å². The molecule has 0 N–H and O–H groups in total. The predicted octanol–water partition coefficient (Wildman–Crippen LogP) is 0.338. The minimum absolute atomic E-state index is 0.161. The highest BCUT2D eigenvalue weighted by atomic mass is 16.6. The first-order chi connectivity index (χ1) is 4.12. The molecular formula is C6H10O3. The predicted molar refractivity (Wildman–Crippen MR) is 31.0 cm³/mol.